The van der Waals surface area contributed by atoms with Crippen LogP contribution in [0.2, 0.25) is 0 Å². The Balaban J connectivity index is 2.36. The highest BCUT2D eigenvalue weighted by atomic mass is 32.2. The van der Waals surface area contributed by atoms with E-state index in [1.165, 1.54) is 12.1 Å². The average Bonchev–Trinajstić information content (AvgIpc) is 2.59. The third-order valence-electron chi connectivity index (χ3n) is 4.08. The molecule has 1 N–H and O–H groups in total. The van der Waals surface area contributed by atoms with Crippen LogP contribution < -0.4 is 9.62 Å². The van der Waals surface area contributed by atoms with Crippen LogP contribution in [0, 0.1) is 6.92 Å². The molecule has 0 saturated heterocycles. The molecule has 0 heterocycles. The highest BCUT2D eigenvalue weighted by molar-refractivity contribution is 7.92. The number of hydrogen-bond donors (Lipinski definition) is 1. The fourth-order valence-corrected chi connectivity index (χ4v) is 3.96. The number of anilines is 2. The molecule has 0 unspecified atom stereocenters. The number of hydrogen-bond acceptors (Lipinski definition) is 3. The maximum absolute atomic E-state index is 12.9. The van der Waals surface area contributed by atoms with Crippen molar-refractivity contribution in [2.24, 2.45) is 0 Å². The van der Waals surface area contributed by atoms with E-state index in [1.807, 2.05) is 6.92 Å². The van der Waals surface area contributed by atoms with E-state index >= 15 is 0 Å². The summed E-state index contributed by atoms with van der Waals surface area (Å²) in [6.07, 6.45) is -3.44. The highest BCUT2D eigenvalue weighted by Crippen LogP contribution is 2.31. The van der Waals surface area contributed by atoms with Crippen molar-refractivity contribution in [1.29, 1.82) is 0 Å². The van der Waals surface area contributed by atoms with E-state index in [4.69, 9.17) is 0 Å². The van der Waals surface area contributed by atoms with Gasteiger partial charge in [0.15, 0.2) is 0 Å². The Labute approximate surface area is 162 Å². The lowest BCUT2D eigenvalue weighted by Crippen LogP contribution is -2.47. The molecule has 0 aromatic heterocycles. The van der Waals surface area contributed by atoms with Crippen LogP contribution in [0.25, 0.3) is 0 Å². The molecule has 0 saturated carbocycles. The number of benzene rings is 2. The molecule has 0 spiro atoms. The molecule has 2 aromatic carbocycles. The second-order valence-electron chi connectivity index (χ2n) is 6.39. The van der Waals surface area contributed by atoms with Crippen LogP contribution in [-0.4, -0.2) is 26.6 Å². The van der Waals surface area contributed by atoms with Crippen molar-refractivity contribution < 1.29 is 26.4 Å². The van der Waals surface area contributed by atoms with E-state index in [9.17, 15) is 26.4 Å². The van der Waals surface area contributed by atoms with Gasteiger partial charge < -0.3 is 5.32 Å². The standard InChI is InChI=1S/C19H21F3N2O3S/c1-4-17(24(28(3,26)27)16-10-8-13(2)9-11-16)18(25)23-15-7-5-6-14(12-15)19(20,21)22/h5-12,17H,4H2,1-3H3,(H,23,25)/t17-/m1/s1. The topological polar surface area (TPSA) is 66.5 Å². The maximum atomic E-state index is 12.9. The fourth-order valence-electron chi connectivity index (χ4n) is 2.75. The fraction of sp³-hybridized carbons (Fsp3) is 0.316. The van der Waals surface area contributed by atoms with E-state index in [-0.39, 0.29) is 12.1 Å². The molecule has 28 heavy (non-hydrogen) atoms. The zero-order chi connectivity index (χ0) is 21.1. The lowest BCUT2D eigenvalue weighted by molar-refractivity contribution is -0.137. The summed E-state index contributed by atoms with van der Waals surface area (Å²) in [6.45, 7) is 3.47. The molecule has 9 heteroatoms. The number of aryl methyl sites for hydroxylation is 1. The van der Waals surface area contributed by atoms with Crippen molar-refractivity contribution in [1.82, 2.24) is 0 Å². The van der Waals surface area contributed by atoms with Crippen molar-refractivity contribution in [3.8, 4) is 0 Å². The Morgan fingerprint density at radius 2 is 1.75 bits per heavy atom. The van der Waals surface area contributed by atoms with E-state index < -0.39 is 33.7 Å². The summed E-state index contributed by atoms with van der Waals surface area (Å²) < 4.78 is 64.3. The average molecular weight is 414 g/mol. The Morgan fingerprint density at radius 3 is 2.25 bits per heavy atom. The number of nitrogens with one attached hydrogen (secondary N) is 1. The molecule has 152 valence electrons. The summed E-state index contributed by atoms with van der Waals surface area (Å²) in [4.78, 5) is 12.7. The zero-order valence-corrected chi connectivity index (χ0v) is 16.4. The Bertz CT molecular complexity index is 942. The van der Waals surface area contributed by atoms with Crippen LogP contribution in [0.15, 0.2) is 48.5 Å². The van der Waals surface area contributed by atoms with Gasteiger partial charge >= 0.3 is 6.18 Å². The number of rotatable bonds is 6. The zero-order valence-electron chi connectivity index (χ0n) is 15.6. The first kappa shape index (κ1) is 21.7. The molecule has 0 radical (unpaired) electrons. The third-order valence-corrected chi connectivity index (χ3v) is 5.26. The van der Waals surface area contributed by atoms with E-state index in [0.29, 0.717) is 5.69 Å². The van der Waals surface area contributed by atoms with E-state index in [1.54, 1.807) is 31.2 Å². The summed E-state index contributed by atoms with van der Waals surface area (Å²) in [6, 6.07) is 9.66. The minimum Gasteiger partial charge on any atom is -0.324 e. The van der Waals surface area contributed by atoms with Crippen molar-refractivity contribution in [2.45, 2.75) is 32.5 Å². The van der Waals surface area contributed by atoms with Crippen molar-refractivity contribution >= 4 is 27.3 Å². The van der Waals surface area contributed by atoms with Gasteiger partial charge in [-0.1, -0.05) is 30.7 Å². The van der Waals surface area contributed by atoms with Crippen LogP contribution in [0.4, 0.5) is 24.5 Å². The van der Waals surface area contributed by atoms with E-state index in [2.05, 4.69) is 5.32 Å². The molecule has 0 aliphatic heterocycles. The number of carbonyl (C=O) groups excluding carboxylic acids is 1. The second-order valence-corrected chi connectivity index (χ2v) is 8.25. The van der Waals surface area contributed by atoms with Crippen LogP contribution in [0.3, 0.4) is 0 Å². The van der Waals surface area contributed by atoms with Gasteiger partial charge in [0.25, 0.3) is 0 Å². The first-order valence-corrected chi connectivity index (χ1v) is 10.3. The quantitative estimate of drug-likeness (QED) is 0.771. The van der Waals surface area contributed by atoms with Crippen molar-refractivity contribution in [3.05, 3.63) is 59.7 Å². The lowest BCUT2D eigenvalue weighted by atomic mass is 10.1. The van der Waals surface area contributed by atoms with Gasteiger partial charge in [0.2, 0.25) is 15.9 Å². The highest BCUT2D eigenvalue weighted by Gasteiger charge is 2.33. The second kappa shape index (κ2) is 8.22. The SMILES string of the molecule is CC[C@H](C(=O)Nc1cccc(C(F)(F)F)c1)N(c1ccc(C)cc1)S(C)(=O)=O. The molecule has 0 aliphatic rings. The van der Waals surface area contributed by atoms with Crippen LogP contribution in [0.1, 0.15) is 24.5 Å². The summed E-state index contributed by atoms with van der Waals surface area (Å²) in [5.41, 5.74) is 0.255. The summed E-state index contributed by atoms with van der Waals surface area (Å²) >= 11 is 0. The smallest absolute Gasteiger partial charge is 0.324 e. The third kappa shape index (κ3) is 5.25. The van der Waals surface area contributed by atoms with Gasteiger partial charge in [0.1, 0.15) is 6.04 Å². The molecule has 2 aromatic rings. The van der Waals surface area contributed by atoms with Gasteiger partial charge in [0, 0.05) is 5.69 Å². The van der Waals surface area contributed by atoms with Gasteiger partial charge in [-0.3, -0.25) is 9.10 Å². The largest absolute Gasteiger partial charge is 0.416 e. The van der Waals surface area contributed by atoms with E-state index in [0.717, 1.165) is 28.3 Å². The van der Waals surface area contributed by atoms with Gasteiger partial charge in [-0.2, -0.15) is 13.2 Å². The molecule has 0 bridgehead atoms. The number of sulfonamides is 1. The molecular formula is C19H21F3N2O3S. The first-order chi connectivity index (χ1) is 12.9. The molecule has 0 fully saturated rings. The molecular weight excluding hydrogens is 393 g/mol. The monoisotopic (exact) mass is 414 g/mol. The predicted octanol–water partition coefficient (Wildman–Crippen LogP) is 4.20. The number of carbonyl (C=O) groups is 1. The molecule has 5 nitrogen and oxygen atoms in total. The Kier molecular flexibility index (Phi) is 6.38. The molecule has 2 rings (SSSR count). The number of nitrogens with zero attached hydrogens (tertiary/aromatic N) is 1. The van der Waals surface area contributed by atoms with Crippen molar-refractivity contribution in [3.63, 3.8) is 0 Å². The Hall–Kier alpha value is -2.55. The number of halogens is 3. The Morgan fingerprint density at radius 1 is 1.14 bits per heavy atom. The lowest BCUT2D eigenvalue weighted by Gasteiger charge is -2.30. The van der Waals surface area contributed by atoms with Crippen LogP contribution in [-0.2, 0) is 21.0 Å². The van der Waals surface area contributed by atoms with Gasteiger partial charge in [0.05, 0.1) is 17.5 Å². The van der Waals surface area contributed by atoms with Crippen molar-refractivity contribution in [2.75, 3.05) is 15.9 Å². The molecule has 1 atom stereocenters. The number of amides is 1. The van der Waals surface area contributed by atoms with Gasteiger partial charge in [-0.15, -0.1) is 0 Å². The maximum Gasteiger partial charge on any atom is 0.416 e. The van der Waals surface area contributed by atoms with Crippen LogP contribution in [0.5, 0.6) is 0 Å². The molecule has 0 aliphatic carbocycles. The summed E-state index contributed by atoms with van der Waals surface area (Å²) in [5.74, 6) is -0.715. The molecule has 1 amide bonds. The first-order valence-electron chi connectivity index (χ1n) is 8.47. The summed E-state index contributed by atoms with van der Waals surface area (Å²) in [7, 11) is -3.82. The number of alkyl halides is 3. The predicted molar refractivity (Wildman–Crippen MR) is 103 cm³/mol. The van der Waals surface area contributed by atoms with Gasteiger partial charge in [-0.05, 0) is 43.7 Å². The normalized spacial score (nSPS) is 13.1. The van der Waals surface area contributed by atoms with Gasteiger partial charge in [-0.25, -0.2) is 8.42 Å². The minimum absolute atomic E-state index is 0.0596. The van der Waals surface area contributed by atoms with Crippen LogP contribution >= 0.6 is 0 Å². The summed E-state index contributed by atoms with van der Waals surface area (Å²) in [5, 5.41) is 2.39. The minimum atomic E-state index is -4.55.